The summed E-state index contributed by atoms with van der Waals surface area (Å²) in [5.41, 5.74) is 2.78. The summed E-state index contributed by atoms with van der Waals surface area (Å²) in [5, 5.41) is 2.48. The Bertz CT molecular complexity index is 890. The van der Waals surface area contributed by atoms with E-state index in [-0.39, 0.29) is 18.0 Å². The third-order valence-corrected chi connectivity index (χ3v) is 4.24. The Balaban J connectivity index is 1.87. The Morgan fingerprint density at radius 2 is 1.68 bits per heavy atom. The Kier molecular flexibility index (Phi) is 7.14. The molecule has 0 saturated carbocycles. The van der Waals surface area contributed by atoms with Gasteiger partial charge in [-0.3, -0.25) is 14.4 Å². The van der Waals surface area contributed by atoms with E-state index in [2.05, 4.69) is 5.32 Å². The fourth-order valence-corrected chi connectivity index (χ4v) is 2.44. The first kappa shape index (κ1) is 21.0. The maximum absolute atomic E-state index is 12.3. The number of benzene rings is 2. The van der Waals surface area contributed by atoms with Crippen LogP contribution in [0.2, 0.25) is 0 Å². The van der Waals surface area contributed by atoms with Gasteiger partial charge >= 0.3 is 5.97 Å². The van der Waals surface area contributed by atoms with Gasteiger partial charge in [0.15, 0.2) is 6.61 Å². The maximum Gasteiger partial charge on any atom is 0.325 e. The van der Waals surface area contributed by atoms with E-state index in [1.54, 1.807) is 24.3 Å². The molecular weight excluding hydrogens is 362 g/mol. The van der Waals surface area contributed by atoms with Crippen molar-refractivity contribution in [3.05, 3.63) is 58.7 Å². The number of ether oxygens (including phenoxy) is 3. The van der Waals surface area contributed by atoms with Gasteiger partial charge in [-0.1, -0.05) is 6.07 Å². The van der Waals surface area contributed by atoms with Gasteiger partial charge in [-0.25, -0.2) is 0 Å². The van der Waals surface area contributed by atoms with Gasteiger partial charge in [-0.05, 0) is 49.2 Å². The van der Waals surface area contributed by atoms with Crippen LogP contribution in [0, 0.1) is 13.8 Å². The molecule has 1 N–H and O–H groups in total. The second-order valence-corrected chi connectivity index (χ2v) is 6.13. The molecule has 2 aromatic rings. The lowest BCUT2D eigenvalue weighted by Crippen LogP contribution is -2.31. The highest BCUT2D eigenvalue weighted by Gasteiger charge is 2.16. The summed E-state index contributed by atoms with van der Waals surface area (Å²) in [7, 11) is 2.93. The van der Waals surface area contributed by atoms with Gasteiger partial charge in [0, 0.05) is 11.6 Å². The minimum Gasteiger partial charge on any atom is -0.497 e. The van der Waals surface area contributed by atoms with Gasteiger partial charge < -0.3 is 19.5 Å². The molecule has 0 unspecified atom stereocenters. The monoisotopic (exact) mass is 385 g/mol. The predicted molar refractivity (Wildman–Crippen MR) is 103 cm³/mol. The summed E-state index contributed by atoms with van der Waals surface area (Å²) in [6.45, 7) is 3.06. The van der Waals surface area contributed by atoms with E-state index >= 15 is 0 Å². The number of carbonyl (C=O) groups excluding carboxylic acids is 3. The van der Waals surface area contributed by atoms with Crippen LogP contribution in [-0.2, 0) is 9.53 Å². The molecule has 0 aromatic heterocycles. The third kappa shape index (κ3) is 5.33. The minimum absolute atomic E-state index is 0.273. The molecule has 0 aliphatic rings. The number of esters is 1. The number of ketones is 1. The van der Waals surface area contributed by atoms with E-state index in [9.17, 15) is 14.4 Å². The van der Waals surface area contributed by atoms with Gasteiger partial charge in [-0.2, -0.15) is 0 Å². The van der Waals surface area contributed by atoms with Gasteiger partial charge in [0.05, 0.1) is 19.8 Å². The number of carbonyl (C=O) groups is 3. The zero-order valence-corrected chi connectivity index (χ0v) is 16.3. The van der Waals surface area contributed by atoms with Crippen molar-refractivity contribution in [2.45, 2.75) is 13.8 Å². The molecule has 0 radical (unpaired) electrons. The summed E-state index contributed by atoms with van der Waals surface area (Å²) in [5.74, 6) is -0.655. The van der Waals surface area contributed by atoms with E-state index in [0.717, 1.165) is 11.1 Å². The number of amides is 1. The van der Waals surface area contributed by atoms with Gasteiger partial charge in [0.1, 0.15) is 18.0 Å². The fourth-order valence-electron chi connectivity index (χ4n) is 2.44. The molecule has 0 bridgehead atoms. The smallest absolute Gasteiger partial charge is 0.325 e. The Morgan fingerprint density at radius 1 is 0.929 bits per heavy atom. The topological polar surface area (TPSA) is 90.9 Å². The molecular formula is C21H23NO6. The molecule has 7 nitrogen and oxygen atoms in total. The van der Waals surface area contributed by atoms with Crippen LogP contribution in [0.15, 0.2) is 36.4 Å². The maximum atomic E-state index is 12.3. The van der Waals surface area contributed by atoms with Gasteiger partial charge in [-0.15, -0.1) is 0 Å². The molecule has 7 heteroatoms. The standard InChI is InChI=1S/C21H23NO6/c1-13-5-6-15(9-14(13)2)21(25)22-11-20(24)28-12-18(23)17-8-7-16(26-3)10-19(17)27-4/h5-10H,11-12H2,1-4H3,(H,22,25). The van der Waals surface area contributed by atoms with E-state index in [1.165, 1.54) is 20.3 Å². The highest BCUT2D eigenvalue weighted by atomic mass is 16.5. The molecule has 148 valence electrons. The number of rotatable bonds is 8. The SMILES string of the molecule is COc1ccc(C(=O)COC(=O)CNC(=O)c2ccc(C)c(C)c2)c(OC)c1. The summed E-state index contributed by atoms with van der Waals surface area (Å²) in [6.07, 6.45) is 0. The Hall–Kier alpha value is -3.35. The van der Waals surface area contributed by atoms with E-state index in [1.807, 2.05) is 19.9 Å². The van der Waals surface area contributed by atoms with Crippen LogP contribution >= 0.6 is 0 Å². The number of hydrogen-bond donors (Lipinski definition) is 1. The number of hydrogen-bond acceptors (Lipinski definition) is 6. The molecule has 28 heavy (non-hydrogen) atoms. The second-order valence-electron chi connectivity index (χ2n) is 6.13. The van der Waals surface area contributed by atoms with Crippen LogP contribution in [0.4, 0.5) is 0 Å². The molecule has 0 heterocycles. The average Bonchev–Trinajstić information content (AvgIpc) is 2.71. The highest BCUT2D eigenvalue weighted by Crippen LogP contribution is 2.24. The lowest BCUT2D eigenvalue weighted by Gasteiger charge is -2.10. The van der Waals surface area contributed by atoms with E-state index in [0.29, 0.717) is 17.1 Å². The lowest BCUT2D eigenvalue weighted by atomic mass is 10.1. The van der Waals surface area contributed by atoms with E-state index in [4.69, 9.17) is 14.2 Å². The van der Waals surface area contributed by atoms with Crippen LogP contribution in [0.1, 0.15) is 31.8 Å². The number of nitrogens with one attached hydrogen (secondary N) is 1. The normalized spacial score (nSPS) is 10.1. The summed E-state index contributed by atoms with van der Waals surface area (Å²) in [6, 6.07) is 9.98. The van der Waals surface area contributed by atoms with Crippen LogP contribution in [0.3, 0.4) is 0 Å². The van der Waals surface area contributed by atoms with Crippen molar-refractivity contribution in [1.29, 1.82) is 0 Å². The molecule has 2 rings (SSSR count). The first-order valence-corrected chi connectivity index (χ1v) is 8.62. The van der Waals surface area contributed by atoms with Crippen LogP contribution in [-0.4, -0.2) is 45.0 Å². The van der Waals surface area contributed by atoms with Gasteiger partial charge in [0.25, 0.3) is 5.91 Å². The highest BCUT2D eigenvalue weighted by molar-refractivity contribution is 6.01. The van der Waals surface area contributed by atoms with Crippen molar-refractivity contribution in [3.8, 4) is 11.5 Å². The molecule has 0 aliphatic heterocycles. The predicted octanol–water partition coefficient (Wildman–Crippen LogP) is 2.48. The summed E-state index contributed by atoms with van der Waals surface area (Å²) >= 11 is 0. The van der Waals surface area contributed by atoms with Crippen molar-refractivity contribution in [3.63, 3.8) is 0 Å². The third-order valence-electron chi connectivity index (χ3n) is 4.24. The molecule has 2 aromatic carbocycles. The lowest BCUT2D eigenvalue weighted by molar-refractivity contribution is -0.141. The largest absolute Gasteiger partial charge is 0.497 e. The minimum atomic E-state index is -0.710. The van der Waals surface area contributed by atoms with Crippen LogP contribution < -0.4 is 14.8 Å². The quantitative estimate of drug-likeness (QED) is 0.555. The van der Waals surface area contributed by atoms with Crippen molar-refractivity contribution < 1.29 is 28.6 Å². The van der Waals surface area contributed by atoms with Crippen molar-refractivity contribution in [2.75, 3.05) is 27.4 Å². The van der Waals surface area contributed by atoms with E-state index < -0.39 is 18.4 Å². The van der Waals surface area contributed by atoms with Crippen molar-refractivity contribution >= 4 is 17.7 Å². The molecule has 0 aliphatic carbocycles. The first-order chi connectivity index (χ1) is 13.3. The van der Waals surface area contributed by atoms with Crippen molar-refractivity contribution in [2.24, 2.45) is 0 Å². The zero-order valence-electron chi connectivity index (χ0n) is 16.3. The summed E-state index contributed by atoms with van der Waals surface area (Å²) < 4.78 is 15.2. The number of aryl methyl sites for hydroxylation is 2. The molecule has 0 spiro atoms. The number of Topliss-reactive ketones (excluding diaryl/α,β-unsaturated/α-hetero) is 1. The first-order valence-electron chi connectivity index (χ1n) is 8.62. The molecule has 0 atom stereocenters. The Labute approximate surface area is 163 Å². The second kappa shape index (κ2) is 9.55. The zero-order chi connectivity index (χ0) is 20.7. The molecule has 1 amide bonds. The average molecular weight is 385 g/mol. The van der Waals surface area contributed by atoms with Crippen molar-refractivity contribution in [1.82, 2.24) is 5.32 Å². The molecule has 0 saturated heterocycles. The van der Waals surface area contributed by atoms with Gasteiger partial charge in [0.2, 0.25) is 5.78 Å². The Morgan fingerprint density at radius 3 is 2.32 bits per heavy atom. The van der Waals surface area contributed by atoms with Crippen LogP contribution in [0.25, 0.3) is 0 Å². The molecule has 0 fully saturated rings. The fraction of sp³-hybridized carbons (Fsp3) is 0.286. The summed E-state index contributed by atoms with van der Waals surface area (Å²) in [4.78, 5) is 36.2. The number of methoxy groups -OCH3 is 2. The van der Waals surface area contributed by atoms with Crippen LogP contribution in [0.5, 0.6) is 11.5 Å².